The quantitative estimate of drug-likeness (QED) is 0.580. The molecule has 0 bridgehead atoms. The third-order valence-electron chi connectivity index (χ3n) is 5.81. The monoisotopic (exact) mass is 220 g/mol. The van der Waals surface area contributed by atoms with Crippen molar-refractivity contribution in [3.05, 3.63) is 12.2 Å². The van der Waals surface area contributed by atoms with Gasteiger partial charge in [-0.05, 0) is 54.8 Å². The second kappa shape index (κ2) is 4.55. The minimum absolute atomic E-state index is 0.834. The van der Waals surface area contributed by atoms with Crippen LogP contribution in [0.3, 0.4) is 0 Å². The van der Waals surface area contributed by atoms with Crippen LogP contribution in [-0.4, -0.2) is 0 Å². The maximum absolute atomic E-state index is 4.43. The van der Waals surface area contributed by atoms with E-state index in [0.717, 1.165) is 35.5 Å². The van der Waals surface area contributed by atoms with Crippen LogP contribution in [0.4, 0.5) is 0 Å². The molecule has 6 unspecified atom stereocenters. The Kier molecular flexibility index (Phi) is 3.47. The summed E-state index contributed by atoms with van der Waals surface area (Å²) in [4.78, 5) is 0. The van der Waals surface area contributed by atoms with Gasteiger partial charge in [-0.2, -0.15) is 0 Å². The van der Waals surface area contributed by atoms with E-state index in [1.54, 1.807) is 5.57 Å². The minimum atomic E-state index is 0.834. The van der Waals surface area contributed by atoms with E-state index in [4.69, 9.17) is 0 Å². The normalized spacial score (nSPS) is 48.1. The highest BCUT2D eigenvalue weighted by molar-refractivity contribution is 5.17. The van der Waals surface area contributed by atoms with Gasteiger partial charge in [0.15, 0.2) is 0 Å². The number of hydrogen-bond acceptors (Lipinski definition) is 0. The van der Waals surface area contributed by atoms with Crippen LogP contribution in [0.5, 0.6) is 0 Å². The Labute approximate surface area is 102 Å². The average molecular weight is 220 g/mol. The molecule has 2 aliphatic carbocycles. The zero-order valence-electron chi connectivity index (χ0n) is 11.5. The van der Waals surface area contributed by atoms with Crippen LogP contribution in [0, 0.1) is 35.5 Å². The maximum atomic E-state index is 4.43. The first-order valence-corrected chi connectivity index (χ1v) is 7.28. The van der Waals surface area contributed by atoms with Gasteiger partial charge in [0.2, 0.25) is 0 Å². The fraction of sp³-hybridized carbons (Fsp3) is 0.875. The average Bonchev–Trinajstić information content (AvgIpc) is 2.60. The van der Waals surface area contributed by atoms with E-state index in [9.17, 15) is 0 Å². The molecular formula is C16H28. The van der Waals surface area contributed by atoms with Crippen LogP contribution in [0.15, 0.2) is 12.2 Å². The predicted octanol–water partition coefficient (Wildman–Crippen LogP) is 4.91. The molecule has 0 aromatic rings. The molecule has 0 aromatic heterocycles. The molecule has 2 fully saturated rings. The molecule has 0 N–H and O–H groups in total. The van der Waals surface area contributed by atoms with Crippen molar-refractivity contribution in [3.8, 4) is 0 Å². The summed E-state index contributed by atoms with van der Waals surface area (Å²) in [5.41, 5.74) is 1.60. The molecule has 2 aliphatic rings. The van der Waals surface area contributed by atoms with Crippen molar-refractivity contribution in [2.75, 3.05) is 0 Å². The summed E-state index contributed by atoms with van der Waals surface area (Å²) >= 11 is 0. The lowest BCUT2D eigenvalue weighted by molar-refractivity contribution is 0.0888. The third kappa shape index (κ3) is 1.75. The highest BCUT2D eigenvalue weighted by atomic mass is 14.5. The van der Waals surface area contributed by atoms with E-state index in [1.165, 1.54) is 25.7 Å². The zero-order chi connectivity index (χ0) is 11.9. The fourth-order valence-corrected chi connectivity index (χ4v) is 4.58. The molecule has 0 amide bonds. The van der Waals surface area contributed by atoms with Crippen molar-refractivity contribution >= 4 is 0 Å². The van der Waals surface area contributed by atoms with Gasteiger partial charge in [-0.3, -0.25) is 0 Å². The van der Waals surface area contributed by atoms with Gasteiger partial charge in [-0.25, -0.2) is 0 Å². The van der Waals surface area contributed by atoms with Crippen molar-refractivity contribution in [1.29, 1.82) is 0 Å². The maximum Gasteiger partial charge on any atom is -0.0146 e. The lowest BCUT2D eigenvalue weighted by atomic mass is 9.63. The van der Waals surface area contributed by atoms with E-state index in [0.29, 0.717) is 0 Å². The van der Waals surface area contributed by atoms with Crippen molar-refractivity contribution in [3.63, 3.8) is 0 Å². The summed E-state index contributed by atoms with van der Waals surface area (Å²) in [6.07, 6.45) is 5.59. The van der Waals surface area contributed by atoms with Gasteiger partial charge in [-0.15, -0.1) is 0 Å². The summed E-state index contributed by atoms with van der Waals surface area (Å²) in [6.45, 7) is 14.1. The van der Waals surface area contributed by atoms with E-state index in [1.807, 2.05) is 0 Å². The van der Waals surface area contributed by atoms with Crippen LogP contribution in [0.25, 0.3) is 0 Å². The number of rotatable bonds is 2. The summed E-state index contributed by atoms with van der Waals surface area (Å²) in [6, 6.07) is 0. The summed E-state index contributed by atoms with van der Waals surface area (Å²) in [5.74, 6) is 5.39. The second-order valence-electron chi connectivity index (χ2n) is 6.32. The van der Waals surface area contributed by atoms with Gasteiger partial charge in [0, 0.05) is 0 Å². The van der Waals surface area contributed by atoms with Crippen molar-refractivity contribution in [2.24, 2.45) is 35.5 Å². The Morgan fingerprint density at radius 3 is 2.31 bits per heavy atom. The zero-order valence-corrected chi connectivity index (χ0v) is 11.5. The molecule has 0 aliphatic heterocycles. The summed E-state index contributed by atoms with van der Waals surface area (Å²) < 4.78 is 0. The molecule has 0 saturated heterocycles. The molecule has 0 heteroatoms. The van der Waals surface area contributed by atoms with Crippen molar-refractivity contribution in [1.82, 2.24) is 0 Å². The van der Waals surface area contributed by atoms with Crippen LogP contribution in [0.1, 0.15) is 53.4 Å². The van der Waals surface area contributed by atoms with E-state index >= 15 is 0 Å². The number of fused-ring (bicyclic) bond motifs is 1. The Morgan fingerprint density at radius 1 is 1.06 bits per heavy atom. The van der Waals surface area contributed by atoms with Crippen LogP contribution >= 0.6 is 0 Å². The molecule has 92 valence electrons. The molecule has 0 heterocycles. The van der Waals surface area contributed by atoms with Gasteiger partial charge in [0.1, 0.15) is 0 Å². The molecular weight excluding hydrogens is 192 g/mol. The van der Waals surface area contributed by atoms with Gasteiger partial charge in [-0.1, -0.05) is 46.3 Å². The molecule has 6 atom stereocenters. The third-order valence-corrected chi connectivity index (χ3v) is 5.81. The first-order valence-electron chi connectivity index (χ1n) is 7.28. The highest BCUT2D eigenvalue weighted by Crippen LogP contribution is 2.55. The Bertz CT molecular complexity index is 265. The lowest BCUT2D eigenvalue weighted by Gasteiger charge is -2.42. The number of hydrogen-bond donors (Lipinski definition) is 0. The van der Waals surface area contributed by atoms with Crippen molar-refractivity contribution < 1.29 is 0 Å². The van der Waals surface area contributed by atoms with E-state index in [2.05, 4.69) is 34.3 Å². The molecule has 0 aromatic carbocycles. The SMILES string of the molecule is C=C1C(CC)CC2CC(CC)C(C)C(C)C12. The Hall–Kier alpha value is -0.260. The smallest absolute Gasteiger partial charge is 0.0146 e. The van der Waals surface area contributed by atoms with Gasteiger partial charge < -0.3 is 0 Å². The molecule has 2 saturated carbocycles. The van der Waals surface area contributed by atoms with Gasteiger partial charge in [0.25, 0.3) is 0 Å². The summed E-state index contributed by atoms with van der Waals surface area (Å²) in [7, 11) is 0. The molecule has 2 rings (SSSR count). The Balaban J connectivity index is 2.18. The largest absolute Gasteiger partial charge is 0.0993 e. The second-order valence-corrected chi connectivity index (χ2v) is 6.32. The topological polar surface area (TPSA) is 0 Å². The van der Waals surface area contributed by atoms with Gasteiger partial charge in [0.05, 0.1) is 0 Å². The molecule has 0 nitrogen and oxygen atoms in total. The first-order chi connectivity index (χ1) is 7.60. The van der Waals surface area contributed by atoms with E-state index < -0.39 is 0 Å². The van der Waals surface area contributed by atoms with Gasteiger partial charge >= 0.3 is 0 Å². The highest BCUT2D eigenvalue weighted by Gasteiger charge is 2.46. The predicted molar refractivity (Wildman–Crippen MR) is 71.2 cm³/mol. The van der Waals surface area contributed by atoms with Crippen LogP contribution in [-0.2, 0) is 0 Å². The lowest BCUT2D eigenvalue weighted by Crippen LogP contribution is -2.35. The standard InChI is InChI=1S/C16H28/c1-6-13-8-15-9-14(7-2)12(5)16(15)11(4)10(13)3/h10-11,13-16H,5-9H2,1-4H3. The van der Waals surface area contributed by atoms with Crippen LogP contribution < -0.4 is 0 Å². The first kappa shape index (κ1) is 12.2. The Morgan fingerprint density at radius 2 is 1.75 bits per heavy atom. The van der Waals surface area contributed by atoms with E-state index in [-0.39, 0.29) is 0 Å². The minimum Gasteiger partial charge on any atom is -0.0993 e. The fourth-order valence-electron chi connectivity index (χ4n) is 4.58. The molecule has 0 spiro atoms. The summed E-state index contributed by atoms with van der Waals surface area (Å²) in [5, 5.41) is 0. The van der Waals surface area contributed by atoms with Crippen LogP contribution in [0.2, 0.25) is 0 Å². The molecule has 0 radical (unpaired) electrons. The molecule has 16 heavy (non-hydrogen) atoms. The van der Waals surface area contributed by atoms with Crippen molar-refractivity contribution in [2.45, 2.75) is 53.4 Å². The number of allylic oxidation sites excluding steroid dienone is 1.